The van der Waals surface area contributed by atoms with Crippen molar-refractivity contribution in [3.8, 4) is 0 Å². The van der Waals surface area contributed by atoms with Gasteiger partial charge in [-0.2, -0.15) is 0 Å². The predicted octanol–water partition coefficient (Wildman–Crippen LogP) is 18.4. The van der Waals surface area contributed by atoms with Gasteiger partial charge in [0.05, 0.1) is 25.4 Å². The van der Waals surface area contributed by atoms with Crippen molar-refractivity contribution in [2.24, 2.45) is 0 Å². The van der Waals surface area contributed by atoms with Gasteiger partial charge in [-0.3, -0.25) is 4.79 Å². The quantitative estimate of drug-likeness (QED) is 0.0261. The molecule has 0 aromatic rings. The molecule has 0 spiro atoms. The summed E-state index contributed by atoms with van der Waals surface area (Å²) in [6.07, 6.45) is 73.6. The lowest BCUT2D eigenvalue weighted by molar-refractivity contribution is -0.302. The Bertz CT molecular complexity index is 1380. The number of hydrogen-bond acceptors (Lipinski definition) is 8. The number of amides is 1. The third-order valence-corrected chi connectivity index (χ3v) is 16.4. The average Bonchev–Trinajstić information content (AvgIpc) is 3.47. The molecule has 0 saturated carbocycles. The molecule has 9 nitrogen and oxygen atoms in total. The van der Waals surface area contributed by atoms with Crippen molar-refractivity contribution in [2.75, 3.05) is 13.2 Å². The van der Waals surface area contributed by atoms with Gasteiger partial charge in [0, 0.05) is 6.42 Å². The molecule has 1 aliphatic heterocycles. The second-order valence-electron chi connectivity index (χ2n) is 24.0. The maximum absolute atomic E-state index is 13.1. The highest BCUT2D eigenvalue weighted by atomic mass is 16.7. The van der Waals surface area contributed by atoms with Gasteiger partial charge in [-0.25, -0.2) is 0 Å². The molecule has 9 heteroatoms. The summed E-state index contributed by atoms with van der Waals surface area (Å²) in [5, 5.41) is 54.7. The van der Waals surface area contributed by atoms with Crippen molar-refractivity contribution in [3.05, 3.63) is 48.6 Å². The van der Waals surface area contributed by atoms with E-state index in [1.54, 1.807) is 6.08 Å². The average molecular weight is 1110 g/mol. The Hall–Kier alpha value is -1.85. The smallest absolute Gasteiger partial charge is 0.220 e. The van der Waals surface area contributed by atoms with Crippen molar-refractivity contribution in [3.63, 3.8) is 0 Å². The Morgan fingerprint density at radius 3 is 1.14 bits per heavy atom. The zero-order valence-electron chi connectivity index (χ0n) is 51.9. The Kier molecular flexibility index (Phi) is 56.4. The van der Waals surface area contributed by atoms with Crippen LogP contribution in [-0.4, -0.2) is 87.5 Å². The van der Waals surface area contributed by atoms with Gasteiger partial charge in [-0.1, -0.05) is 313 Å². The fourth-order valence-corrected chi connectivity index (χ4v) is 11.0. The topological polar surface area (TPSA) is 149 Å². The first kappa shape index (κ1) is 75.2. The van der Waals surface area contributed by atoms with Crippen LogP contribution in [0.2, 0.25) is 0 Å². The first-order valence-electron chi connectivity index (χ1n) is 34.4. The van der Waals surface area contributed by atoms with Gasteiger partial charge in [0.2, 0.25) is 5.91 Å². The molecule has 1 heterocycles. The van der Waals surface area contributed by atoms with Crippen LogP contribution in [0.3, 0.4) is 0 Å². The maximum atomic E-state index is 13.1. The summed E-state index contributed by atoms with van der Waals surface area (Å²) in [5.74, 6) is -0.181. The first-order valence-corrected chi connectivity index (χ1v) is 34.4. The van der Waals surface area contributed by atoms with E-state index in [-0.39, 0.29) is 12.5 Å². The van der Waals surface area contributed by atoms with Crippen LogP contribution in [0.4, 0.5) is 0 Å². The Morgan fingerprint density at radius 1 is 0.430 bits per heavy atom. The maximum Gasteiger partial charge on any atom is 0.220 e. The van der Waals surface area contributed by atoms with E-state index in [2.05, 4.69) is 55.6 Å². The van der Waals surface area contributed by atoms with Gasteiger partial charge < -0.3 is 40.3 Å². The Balaban J connectivity index is 2.15. The van der Waals surface area contributed by atoms with Crippen LogP contribution in [0.25, 0.3) is 0 Å². The van der Waals surface area contributed by atoms with Crippen LogP contribution < -0.4 is 5.32 Å². The third-order valence-electron chi connectivity index (χ3n) is 16.4. The van der Waals surface area contributed by atoms with Crippen molar-refractivity contribution < 1.29 is 39.8 Å². The lowest BCUT2D eigenvalue weighted by Crippen LogP contribution is -2.60. The van der Waals surface area contributed by atoms with Crippen molar-refractivity contribution in [1.82, 2.24) is 5.32 Å². The number of allylic oxidation sites excluding steroid dienone is 7. The molecule has 6 N–H and O–H groups in total. The molecule has 1 saturated heterocycles. The molecule has 0 aliphatic carbocycles. The number of hydrogen-bond donors (Lipinski definition) is 6. The van der Waals surface area contributed by atoms with Crippen molar-refractivity contribution in [2.45, 2.75) is 378 Å². The molecule has 0 radical (unpaired) electrons. The van der Waals surface area contributed by atoms with Gasteiger partial charge in [-0.05, 0) is 64.2 Å². The van der Waals surface area contributed by atoms with E-state index >= 15 is 0 Å². The van der Waals surface area contributed by atoms with Crippen LogP contribution in [0.15, 0.2) is 48.6 Å². The number of nitrogens with one attached hydrogen (secondary N) is 1. The second kappa shape index (κ2) is 59.3. The number of aliphatic hydroxyl groups excluding tert-OH is 5. The number of carbonyl (C=O) groups is 1. The molecular weight excluding hydrogens is 983 g/mol. The van der Waals surface area contributed by atoms with Gasteiger partial charge >= 0.3 is 0 Å². The normalized spacial score (nSPS) is 18.8. The Morgan fingerprint density at radius 2 is 0.759 bits per heavy atom. The Labute approximate surface area is 488 Å². The first-order chi connectivity index (χ1) is 38.8. The SMILES string of the molecule is CCCCCCC/C=C\C/C=C\CCCCCCCCCCCCCCCCCCCCCC(=O)NC(COC1OC(CO)C(O)C(O)C1O)C(O)/C=C/CC/C=C/CCCCCCCCCCCCCCCCCCCCC. The standard InChI is InChI=1S/C70H131NO8/c1-3-5-7-9-11-13-15-17-19-21-23-25-27-29-30-31-32-33-34-36-38-40-42-44-46-48-50-52-54-56-58-60-66(74)71-63(62-78-70-69(77)68(76)67(75)65(61-72)79-70)64(73)59-57-55-53-51-49-47-45-43-41-39-37-35-28-26-24-22-20-18-16-14-12-10-8-6-4-2/h15,17,21,23,49,51,57,59,63-65,67-70,72-73,75-77H,3-14,16,18-20,22,24-48,50,52-56,58,60-62H2,1-2H3,(H,71,74)/b17-15-,23-21-,51-49+,59-57+. The number of ether oxygens (including phenoxy) is 2. The molecule has 1 amide bonds. The highest BCUT2D eigenvalue weighted by molar-refractivity contribution is 5.76. The van der Waals surface area contributed by atoms with E-state index in [4.69, 9.17) is 9.47 Å². The largest absolute Gasteiger partial charge is 0.394 e. The fourth-order valence-electron chi connectivity index (χ4n) is 11.0. The number of unbranched alkanes of at least 4 members (excludes halogenated alkanes) is 44. The van der Waals surface area contributed by atoms with E-state index in [1.807, 2.05) is 6.08 Å². The lowest BCUT2D eigenvalue weighted by atomic mass is 9.99. The zero-order valence-corrected chi connectivity index (χ0v) is 51.9. The summed E-state index contributed by atoms with van der Waals surface area (Å²) in [6, 6.07) is -0.823. The van der Waals surface area contributed by atoms with Gasteiger partial charge in [0.25, 0.3) is 0 Å². The van der Waals surface area contributed by atoms with E-state index in [1.165, 1.54) is 270 Å². The number of carbonyl (C=O) groups excluding carboxylic acids is 1. The summed E-state index contributed by atoms with van der Waals surface area (Å²) < 4.78 is 11.3. The molecular formula is C70H131NO8. The highest BCUT2D eigenvalue weighted by Gasteiger charge is 2.44. The van der Waals surface area contributed by atoms with Crippen LogP contribution in [0.1, 0.15) is 335 Å². The summed E-state index contributed by atoms with van der Waals surface area (Å²) in [7, 11) is 0. The minimum absolute atomic E-state index is 0.181. The molecule has 7 unspecified atom stereocenters. The molecule has 464 valence electrons. The van der Waals surface area contributed by atoms with E-state index in [0.29, 0.717) is 6.42 Å². The molecule has 0 aromatic carbocycles. The predicted molar refractivity (Wildman–Crippen MR) is 336 cm³/mol. The monoisotopic (exact) mass is 1110 g/mol. The van der Waals surface area contributed by atoms with Crippen LogP contribution in [-0.2, 0) is 14.3 Å². The van der Waals surface area contributed by atoms with Crippen molar-refractivity contribution in [1.29, 1.82) is 0 Å². The summed E-state index contributed by atoms with van der Waals surface area (Å²) >= 11 is 0. The molecule has 1 aliphatic rings. The number of rotatable bonds is 60. The molecule has 0 bridgehead atoms. The van der Waals surface area contributed by atoms with Crippen molar-refractivity contribution >= 4 is 5.91 Å². The highest BCUT2D eigenvalue weighted by Crippen LogP contribution is 2.23. The summed E-state index contributed by atoms with van der Waals surface area (Å²) in [5.41, 5.74) is 0. The minimum atomic E-state index is -1.57. The van der Waals surface area contributed by atoms with Crippen LogP contribution >= 0.6 is 0 Å². The number of aliphatic hydroxyl groups is 5. The van der Waals surface area contributed by atoms with Crippen LogP contribution in [0, 0.1) is 0 Å². The zero-order chi connectivity index (χ0) is 57.2. The molecule has 1 rings (SSSR count). The van der Waals surface area contributed by atoms with E-state index in [9.17, 15) is 30.3 Å². The fraction of sp³-hybridized carbons (Fsp3) is 0.871. The second-order valence-corrected chi connectivity index (χ2v) is 24.0. The minimum Gasteiger partial charge on any atom is -0.394 e. The van der Waals surface area contributed by atoms with Gasteiger partial charge in [0.1, 0.15) is 24.4 Å². The van der Waals surface area contributed by atoms with Gasteiger partial charge in [-0.15, -0.1) is 0 Å². The van der Waals surface area contributed by atoms with Crippen LogP contribution in [0.5, 0.6) is 0 Å². The third kappa shape index (κ3) is 48.3. The van der Waals surface area contributed by atoms with E-state index in [0.717, 1.165) is 44.9 Å². The lowest BCUT2D eigenvalue weighted by Gasteiger charge is -2.40. The van der Waals surface area contributed by atoms with E-state index < -0.39 is 49.5 Å². The molecule has 1 fully saturated rings. The summed E-state index contributed by atoms with van der Waals surface area (Å²) in [6.45, 7) is 3.80. The molecule has 7 atom stereocenters. The molecule has 79 heavy (non-hydrogen) atoms. The summed E-state index contributed by atoms with van der Waals surface area (Å²) in [4.78, 5) is 13.1. The van der Waals surface area contributed by atoms with Gasteiger partial charge in [0.15, 0.2) is 6.29 Å². The molecule has 0 aromatic heterocycles.